The molecular formula is C24H27N3O4S. The quantitative estimate of drug-likeness (QED) is 0.662. The number of rotatable bonds is 7. The Labute approximate surface area is 191 Å². The van der Waals surface area contributed by atoms with Gasteiger partial charge in [-0.2, -0.15) is 0 Å². The maximum Gasteiger partial charge on any atom is 0.410 e. The van der Waals surface area contributed by atoms with E-state index >= 15 is 0 Å². The number of hydrogen-bond acceptors (Lipinski definition) is 5. The van der Waals surface area contributed by atoms with Crippen LogP contribution in [0.1, 0.15) is 64.5 Å². The van der Waals surface area contributed by atoms with Crippen molar-refractivity contribution in [1.29, 1.82) is 0 Å². The Kier molecular flexibility index (Phi) is 5.87. The second-order valence-electron chi connectivity index (χ2n) is 8.65. The first kappa shape index (κ1) is 21.0. The minimum absolute atomic E-state index is 0.0788. The molecule has 3 aliphatic rings. The second kappa shape index (κ2) is 8.94. The van der Waals surface area contributed by atoms with E-state index in [1.165, 1.54) is 16.2 Å². The molecule has 2 aromatic rings. The number of benzene rings is 1. The van der Waals surface area contributed by atoms with Crippen LogP contribution < -0.4 is 10.6 Å². The van der Waals surface area contributed by atoms with Gasteiger partial charge < -0.3 is 15.4 Å². The first-order valence-electron chi connectivity index (χ1n) is 11.3. The Morgan fingerprint density at radius 1 is 1.16 bits per heavy atom. The molecule has 0 radical (unpaired) electrons. The van der Waals surface area contributed by atoms with Crippen LogP contribution in [0.15, 0.2) is 30.3 Å². The van der Waals surface area contributed by atoms with E-state index in [0.29, 0.717) is 23.7 Å². The number of aryl methyl sites for hydroxylation is 1. The number of carbonyl (C=O) groups is 3. The Hall–Kier alpha value is -2.87. The number of ether oxygens (including phenoxy) is 1. The van der Waals surface area contributed by atoms with Crippen molar-refractivity contribution in [2.24, 2.45) is 0 Å². The molecule has 1 aromatic heterocycles. The highest BCUT2D eigenvalue weighted by molar-refractivity contribution is 7.17. The SMILES string of the molecule is O=C(CC(c1ccccc1)N1CCOC1=O)Nc1sc2c(c1C(=O)NC1CC1)CCCC2. The molecule has 2 N–H and O–H groups in total. The highest BCUT2D eigenvalue weighted by Gasteiger charge is 2.34. The van der Waals surface area contributed by atoms with E-state index in [2.05, 4.69) is 10.6 Å². The molecule has 7 nitrogen and oxygen atoms in total. The largest absolute Gasteiger partial charge is 0.448 e. The summed E-state index contributed by atoms with van der Waals surface area (Å²) in [6.45, 7) is 0.779. The number of nitrogens with one attached hydrogen (secondary N) is 2. The summed E-state index contributed by atoms with van der Waals surface area (Å²) in [5, 5.41) is 6.74. The molecule has 1 aromatic carbocycles. The molecule has 5 rings (SSSR count). The van der Waals surface area contributed by atoms with E-state index in [9.17, 15) is 14.4 Å². The molecule has 1 unspecified atom stereocenters. The number of thiophene rings is 1. The van der Waals surface area contributed by atoms with E-state index in [1.807, 2.05) is 30.3 Å². The van der Waals surface area contributed by atoms with Crippen LogP contribution in [0.4, 0.5) is 9.80 Å². The number of nitrogens with zero attached hydrogens (tertiary/aromatic N) is 1. The molecule has 2 aliphatic carbocycles. The minimum atomic E-state index is -0.412. The van der Waals surface area contributed by atoms with E-state index in [-0.39, 0.29) is 24.3 Å². The van der Waals surface area contributed by atoms with Gasteiger partial charge in [-0.15, -0.1) is 11.3 Å². The predicted molar refractivity (Wildman–Crippen MR) is 122 cm³/mol. The van der Waals surface area contributed by atoms with Gasteiger partial charge in [0.2, 0.25) is 5.91 Å². The number of cyclic esters (lactones) is 1. The Balaban J connectivity index is 1.38. The van der Waals surface area contributed by atoms with Gasteiger partial charge in [0.05, 0.1) is 24.6 Å². The Bertz CT molecular complexity index is 1030. The highest BCUT2D eigenvalue weighted by Crippen LogP contribution is 2.39. The van der Waals surface area contributed by atoms with Gasteiger partial charge in [-0.25, -0.2) is 4.79 Å². The predicted octanol–water partition coefficient (Wildman–Crippen LogP) is 4.04. The van der Waals surface area contributed by atoms with Gasteiger partial charge in [0, 0.05) is 10.9 Å². The lowest BCUT2D eigenvalue weighted by molar-refractivity contribution is -0.117. The number of amides is 3. The lowest BCUT2D eigenvalue weighted by atomic mass is 9.95. The minimum Gasteiger partial charge on any atom is -0.448 e. The fourth-order valence-corrected chi connectivity index (χ4v) is 5.81. The molecule has 0 bridgehead atoms. The lowest BCUT2D eigenvalue weighted by Gasteiger charge is -2.25. The summed E-state index contributed by atoms with van der Waals surface area (Å²) < 4.78 is 5.12. The number of anilines is 1. The number of carbonyl (C=O) groups excluding carboxylic acids is 3. The van der Waals surface area contributed by atoms with Gasteiger partial charge in [0.25, 0.3) is 5.91 Å². The van der Waals surface area contributed by atoms with Crippen LogP contribution in [0.3, 0.4) is 0 Å². The third kappa shape index (κ3) is 4.37. The van der Waals surface area contributed by atoms with E-state index in [4.69, 9.17) is 4.74 Å². The molecule has 2 fully saturated rings. The molecule has 1 saturated heterocycles. The molecular weight excluding hydrogens is 426 g/mol. The van der Waals surface area contributed by atoms with Gasteiger partial charge >= 0.3 is 6.09 Å². The second-order valence-corrected chi connectivity index (χ2v) is 9.75. The molecule has 32 heavy (non-hydrogen) atoms. The normalized spacial score (nSPS) is 18.6. The molecule has 1 aliphatic heterocycles. The molecule has 3 amide bonds. The average Bonchev–Trinajstić information content (AvgIpc) is 3.38. The van der Waals surface area contributed by atoms with E-state index in [1.54, 1.807) is 4.90 Å². The number of hydrogen-bond donors (Lipinski definition) is 2. The third-order valence-electron chi connectivity index (χ3n) is 6.30. The van der Waals surface area contributed by atoms with Gasteiger partial charge in [0.1, 0.15) is 11.6 Å². The van der Waals surface area contributed by atoms with Crippen molar-refractivity contribution in [3.63, 3.8) is 0 Å². The number of fused-ring (bicyclic) bond motifs is 1. The van der Waals surface area contributed by atoms with Crippen LogP contribution in [-0.2, 0) is 22.4 Å². The summed E-state index contributed by atoms with van der Waals surface area (Å²) in [7, 11) is 0. The zero-order valence-electron chi connectivity index (χ0n) is 17.9. The van der Waals surface area contributed by atoms with Crippen LogP contribution in [0.2, 0.25) is 0 Å². The van der Waals surface area contributed by atoms with Crippen molar-refractivity contribution >= 4 is 34.2 Å². The Morgan fingerprint density at radius 2 is 1.94 bits per heavy atom. The molecule has 8 heteroatoms. The summed E-state index contributed by atoms with van der Waals surface area (Å²) in [5.41, 5.74) is 2.62. The van der Waals surface area contributed by atoms with Crippen LogP contribution in [0.5, 0.6) is 0 Å². The molecule has 1 atom stereocenters. The summed E-state index contributed by atoms with van der Waals surface area (Å²) in [6.07, 6.45) is 5.74. The fourth-order valence-electron chi connectivity index (χ4n) is 4.50. The monoisotopic (exact) mass is 453 g/mol. The fraction of sp³-hybridized carbons (Fsp3) is 0.458. The zero-order valence-corrected chi connectivity index (χ0v) is 18.7. The molecule has 1 saturated carbocycles. The smallest absolute Gasteiger partial charge is 0.410 e. The van der Waals surface area contributed by atoms with E-state index in [0.717, 1.165) is 49.7 Å². The third-order valence-corrected chi connectivity index (χ3v) is 7.50. The van der Waals surface area contributed by atoms with Crippen LogP contribution in [-0.4, -0.2) is 42.0 Å². The van der Waals surface area contributed by atoms with Crippen molar-refractivity contribution in [1.82, 2.24) is 10.2 Å². The first-order valence-corrected chi connectivity index (χ1v) is 12.2. The van der Waals surface area contributed by atoms with Gasteiger partial charge in [-0.1, -0.05) is 30.3 Å². The average molecular weight is 454 g/mol. The summed E-state index contributed by atoms with van der Waals surface area (Å²) in [5.74, 6) is -0.289. The van der Waals surface area contributed by atoms with Gasteiger partial charge in [-0.05, 0) is 49.7 Å². The van der Waals surface area contributed by atoms with Crippen molar-refractivity contribution in [2.45, 2.75) is 57.0 Å². The Morgan fingerprint density at radius 3 is 2.66 bits per heavy atom. The van der Waals surface area contributed by atoms with Crippen LogP contribution in [0, 0.1) is 0 Å². The lowest BCUT2D eigenvalue weighted by Crippen LogP contribution is -2.33. The van der Waals surface area contributed by atoms with Gasteiger partial charge in [0.15, 0.2) is 0 Å². The summed E-state index contributed by atoms with van der Waals surface area (Å²) in [4.78, 5) is 41.2. The van der Waals surface area contributed by atoms with Crippen molar-refractivity contribution in [3.05, 3.63) is 51.9 Å². The van der Waals surface area contributed by atoms with Crippen LogP contribution in [0.25, 0.3) is 0 Å². The van der Waals surface area contributed by atoms with Crippen molar-refractivity contribution in [2.75, 3.05) is 18.5 Å². The van der Waals surface area contributed by atoms with Crippen LogP contribution >= 0.6 is 11.3 Å². The maximum absolute atomic E-state index is 13.2. The standard InChI is InChI=1S/C24H27N3O4S/c28-20(14-18(15-6-2-1-3-7-15)27-12-13-31-24(27)30)26-23-21(22(29)25-16-10-11-16)17-8-4-5-9-19(17)32-23/h1-3,6-7,16,18H,4-5,8-14H2,(H,25,29)(H,26,28). The summed E-state index contributed by atoms with van der Waals surface area (Å²) >= 11 is 1.52. The zero-order chi connectivity index (χ0) is 22.1. The highest BCUT2D eigenvalue weighted by atomic mass is 32.1. The molecule has 2 heterocycles. The molecule has 0 spiro atoms. The van der Waals surface area contributed by atoms with Gasteiger partial charge in [-0.3, -0.25) is 14.5 Å². The summed E-state index contributed by atoms with van der Waals surface area (Å²) in [6, 6.07) is 9.39. The first-order chi connectivity index (χ1) is 15.6. The van der Waals surface area contributed by atoms with Crippen molar-refractivity contribution < 1.29 is 19.1 Å². The topological polar surface area (TPSA) is 87.7 Å². The maximum atomic E-state index is 13.2. The van der Waals surface area contributed by atoms with Crippen molar-refractivity contribution in [3.8, 4) is 0 Å². The van der Waals surface area contributed by atoms with E-state index < -0.39 is 12.1 Å². The molecule has 168 valence electrons.